The maximum atomic E-state index is 13.4. The van der Waals surface area contributed by atoms with Gasteiger partial charge in [-0.2, -0.15) is 0 Å². The van der Waals surface area contributed by atoms with E-state index in [2.05, 4.69) is 31.3 Å². The summed E-state index contributed by atoms with van der Waals surface area (Å²) in [5, 5.41) is 3.65. The minimum atomic E-state index is -0.560. The van der Waals surface area contributed by atoms with Crippen LogP contribution in [0.4, 0.5) is 0 Å². The second kappa shape index (κ2) is 11.2. The number of nitrogens with zero attached hydrogens (tertiary/aromatic N) is 2. The molecule has 0 spiro atoms. The summed E-state index contributed by atoms with van der Waals surface area (Å²) in [5.41, 5.74) is 1.15. The first kappa shape index (κ1) is 26.2. The van der Waals surface area contributed by atoms with Gasteiger partial charge in [-0.05, 0) is 47.8 Å². The quantitative estimate of drug-likeness (QED) is 0.631. The van der Waals surface area contributed by atoms with Gasteiger partial charge in [0.2, 0.25) is 17.7 Å². The summed E-state index contributed by atoms with van der Waals surface area (Å²) in [5.74, 6) is 0.108. The van der Waals surface area contributed by atoms with Gasteiger partial charge in [0, 0.05) is 45.0 Å². The molecule has 1 saturated heterocycles. The first-order valence-corrected chi connectivity index (χ1v) is 11.8. The molecule has 7 heteroatoms. The predicted octanol–water partition coefficient (Wildman–Crippen LogP) is 4.08. The zero-order valence-corrected chi connectivity index (χ0v) is 21.0. The lowest BCUT2D eigenvalue weighted by molar-refractivity contribution is -0.140. The number of carbonyl (C=O) groups excluding carboxylic acids is 3. The van der Waals surface area contributed by atoms with Crippen LogP contribution >= 0.6 is 11.6 Å². The number of halogens is 1. The van der Waals surface area contributed by atoms with E-state index in [4.69, 9.17) is 11.6 Å². The van der Waals surface area contributed by atoms with Gasteiger partial charge in [0.05, 0.1) is 0 Å². The Bertz CT molecular complexity index is 805. The Hall–Kier alpha value is -2.08. The van der Waals surface area contributed by atoms with E-state index in [0.717, 1.165) is 11.4 Å². The molecule has 0 bridgehead atoms. The molecule has 178 valence electrons. The van der Waals surface area contributed by atoms with Gasteiger partial charge in [0.1, 0.15) is 6.04 Å². The van der Waals surface area contributed by atoms with Crippen molar-refractivity contribution in [2.24, 2.45) is 11.3 Å². The van der Waals surface area contributed by atoms with Crippen LogP contribution in [0.15, 0.2) is 24.3 Å². The second-order valence-electron chi connectivity index (χ2n) is 10.1. The molecule has 1 aliphatic rings. The lowest BCUT2D eigenvalue weighted by Crippen LogP contribution is -2.55. The number of benzene rings is 1. The van der Waals surface area contributed by atoms with Gasteiger partial charge in [0.25, 0.3) is 0 Å². The van der Waals surface area contributed by atoms with Gasteiger partial charge in [-0.25, -0.2) is 0 Å². The summed E-state index contributed by atoms with van der Waals surface area (Å²) in [6.07, 6.45) is 1.90. The number of hydrogen-bond donors (Lipinski definition) is 1. The minimum absolute atomic E-state index is 0.0000701. The summed E-state index contributed by atoms with van der Waals surface area (Å²) >= 11 is 6.05. The largest absolute Gasteiger partial charge is 0.349 e. The third-order valence-electron chi connectivity index (χ3n) is 6.36. The van der Waals surface area contributed by atoms with Crippen LogP contribution in [0.1, 0.15) is 64.9 Å². The molecule has 1 fully saturated rings. The third kappa shape index (κ3) is 6.96. The Kier molecular flexibility index (Phi) is 9.14. The molecule has 0 aromatic heterocycles. The average Bonchev–Trinajstić information content (AvgIpc) is 2.71. The molecule has 3 amide bonds. The van der Waals surface area contributed by atoms with Gasteiger partial charge < -0.3 is 15.1 Å². The van der Waals surface area contributed by atoms with Crippen molar-refractivity contribution in [3.63, 3.8) is 0 Å². The molecule has 32 heavy (non-hydrogen) atoms. The fourth-order valence-corrected chi connectivity index (χ4v) is 4.56. The first-order valence-electron chi connectivity index (χ1n) is 11.5. The molecule has 0 radical (unpaired) electrons. The van der Waals surface area contributed by atoms with E-state index < -0.39 is 6.04 Å². The molecule has 2 rings (SSSR count). The van der Waals surface area contributed by atoms with Crippen molar-refractivity contribution in [3.8, 4) is 0 Å². The Labute approximate surface area is 197 Å². The van der Waals surface area contributed by atoms with Gasteiger partial charge in [-0.15, -0.1) is 0 Å². The molecule has 0 aliphatic carbocycles. The second-order valence-corrected chi connectivity index (χ2v) is 10.5. The number of piperidine rings is 1. The van der Waals surface area contributed by atoms with Gasteiger partial charge in [0.15, 0.2) is 0 Å². The van der Waals surface area contributed by atoms with Gasteiger partial charge in [-0.3, -0.25) is 14.4 Å². The van der Waals surface area contributed by atoms with Crippen LogP contribution in [0.3, 0.4) is 0 Å². The maximum absolute atomic E-state index is 13.4. The molecule has 1 unspecified atom stereocenters. The maximum Gasteiger partial charge on any atom is 0.245 e. The number of amides is 3. The zero-order chi connectivity index (χ0) is 24.1. The van der Waals surface area contributed by atoms with Crippen LogP contribution in [-0.4, -0.2) is 60.7 Å². The van der Waals surface area contributed by atoms with Crippen LogP contribution in [0.25, 0.3) is 0 Å². The van der Waals surface area contributed by atoms with Crippen molar-refractivity contribution in [2.75, 3.05) is 27.2 Å². The summed E-state index contributed by atoms with van der Waals surface area (Å²) in [4.78, 5) is 40.9. The molecule has 6 nitrogen and oxygen atoms in total. The number of likely N-dealkylation sites (tertiary alicyclic amines) is 1. The molecule has 1 aromatic rings. The smallest absolute Gasteiger partial charge is 0.245 e. The zero-order valence-electron chi connectivity index (χ0n) is 20.3. The summed E-state index contributed by atoms with van der Waals surface area (Å²) in [6, 6.07) is 7.42. The van der Waals surface area contributed by atoms with Crippen molar-refractivity contribution in [3.05, 3.63) is 34.9 Å². The lowest BCUT2D eigenvalue weighted by Gasteiger charge is -2.45. The van der Waals surface area contributed by atoms with E-state index in [1.807, 2.05) is 30.9 Å². The summed E-state index contributed by atoms with van der Waals surface area (Å²) in [7, 11) is 3.40. The third-order valence-corrected chi connectivity index (χ3v) is 6.61. The van der Waals surface area contributed by atoms with Crippen molar-refractivity contribution in [2.45, 2.75) is 65.3 Å². The first-order chi connectivity index (χ1) is 14.9. The van der Waals surface area contributed by atoms with Crippen LogP contribution in [-0.2, 0) is 14.4 Å². The van der Waals surface area contributed by atoms with Gasteiger partial charge >= 0.3 is 0 Å². The van der Waals surface area contributed by atoms with Crippen molar-refractivity contribution in [1.82, 2.24) is 15.1 Å². The fourth-order valence-electron chi connectivity index (χ4n) is 4.44. The molecular weight excluding hydrogens is 426 g/mol. The van der Waals surface area contributed by atoms with E-state index in [9.17, 15) is 14.4 Å². The number of hydrogen-bond acceptors (Lipinski definition) is 3. The number of carbonyl (C=O) groups is 3. The average molecular weight is 464 g/mol. The highest BCUT2D eigenvalue weighted by atomic mass is 35.5. The molecule has 1 N–H and O–H groups in total. The predicted molar refractivity (Wildman–Crippen MR) is 128 cm³/mol. The molecule has 0 saturated carbocycles. The van der Waals surface area contributed by atoms with Gasteiger partial charge in [-0.1, -0.05) is 51.4 Å². The monoisotopic (exact) mass is 463 g/mol. The van der Waals surface area contributed by atoms with E-state index in [-0.39, 0.29) is 35.5 Å². The molecule has 2 atom stereocenters. The lowest BCUT2D eigenvalue weighted by atomic mass is 9.70. The highest BCUT2D eigenvalue weighted by Crippen LogP contribution is 2.42. The highest BCUT2D eigenvalue weighted by Gasteiger charge is 2.40. The molecule has 1 aliphatic heterocycles. The van der Waals surface area contributed by atoms with E-state index >= 15 is 0 Å². The Morgan fingerprint density at radius 3 is 2.31 bits per heavy atom. The topological polar surface area (TPSA) is 69.7 Å². The fraction of sp³-hybridized carbons (Fsp3) is 0.640. The minimum Gasteiger partial charge on any atom is -0.349 e. The molecule has 1 heterocycles. The number of rotatable bonds is 8. The SMILES string of the molecule is CC(C)[C@@H](NC(=O)CCCC(=O)N(C)C)C(=O)N1CCC(c2ccc(Cl)cc2)C(C)(C)C1. The molecular formula is C25H38ClN3O3. The Balaban J connectivity index is 1.99. The van der Waals surface area contributed by atoms with Crippen LogP contribution in [0, 0.1) is 11.3 Å². The highest BCUT2D eigenvalue weighted by molar-refractivity contribution is 6.30. The van der Waals surface area contributed by atoms with Crippen molar-refractivity contribution in [1.29, 1.82) is 0 Å². The van der Waals surface area contributed by atoms with Crippen molar-refractivity contribution >= 4 is 29.3 Å². The van der Waals surface area contributed by atoms with E-state index in [0.29, 0.717) is 31.8 Å². The van der Waals surface area contributed by atoms with Crippen LogP contribution in [0.5, 0.6) is 0 Å². The van der Waals surface area contributed by atoms with Crippen LogP contribution in [0.2, 0.25) is 5.02 Å². The van der Waals surface area contributed by atoms with E-state index in [1.54, 1.807) is 14.1 Å². The molecule has 1 aromatic carbocycles. The Morgan fingerprint density at radius 1 is 1.16 bits per heavy atom. The standard InChI is InChI=1S/C25H38ClN3O3/c1-17(2)23(27-21(30)8-7-9-22(31)28(5)6)24(32)29-15-14-20(25(3,4)16-29)18-10-12-19(26)13-11-18/h10-13,17,20,23H,7-9,14-16H2,1-6H3,(H,27,30)/t20?,23-/m1/s1. The Morgan fingerprint density at radius 2 is 1.78 bits per heavy atom. The van der Waals surface area contributed by atoms with E-state index in [1.165, 1.54) is 10.5 Å². The summed E-state index contributed by atoms with van der Waals surface area (Å²) < 4.78 is 0. The number of nitrogens with one attached hydrogen (secondary N) is 1. The van der Waals surface area contributed by atoms with Crippen molar-refractivity contribution < 1.29 is 14.4 Å². The van der Waals surface area contributed by atoms with Crippen LogP contribution < -0.4 is 5.32 Å². The normalized spacial score (nSPS) is 18.9. The summed E-state index contributed by atoms with van der Waals surface area (Å²) in [6.45, 7) is 9.57.